The van der Waals surface area contributed by atoms with Crippen molar-refractivity contribution in [2.75, 3.05) is 12.4 Å². The highest BCUT2D eigenvalue weighted by Crippen LogP contribution is 2.22. The fourth-order valence-electron chi connectivity index (χ4n) is 1.93. The molecule has 24 heavy (non-hydrogen) atoms. The number of aromatic nitrogens is 2. The third kappa shape index (κ3) is 3.22. The summed E-state index contributed by atoms with van der Waals surface area (Å²) in [4.78, 5) is 12.0. The van der Waals surface area contributed by atoms with Crippen LogP contribution in [0, 0.1) is 11.6 Å². The van der Waals surface area contributed by atoms with Gasteiger partial charge < -0.3 is 14.5 Å². The molecule has 0 aliphatic rings. The fraction of sp³-hybridized carbons (Fsp3) is 0.0625. The largest absolute Gasteiger partial charge is 0.497 e. The van der Waals surface area contributed by atoms with E-state index in [1.807, 2.05) is 0 Å². The standard InChI is InChI=1S/C16H11F2N3O3/c1-23-11-5-2-9(3-6-11)15-20-21-16(24-15)14(22)19-13-7-4-10(17)8-12(13)18/h2-8H,1H3,(H,19,22). The van der Waals surface area contributed by atoms with Gasteiger partial charge in [-0.05, 0) is 36.4 Å². The number of hydrogen-bond acceptors (Lipinski definition) is 5. The van der Waals surface area contributed by atoms with Crippen molar-refractivity contribution in [1.29, 1.82) is 0 Å². The topological polar surface area (TPSA) is 77.2 Å². The van der Waals surface area contributed by atoms with E-state index in [4.69, 9.17) is 9.15 Å². The summed E-state index contributed by atoms with van der Waals surface area (Å²) < 4.78 is 36.7. The molecule has 0 unspecified atom stereocenters. The molecule has 0 radical (unpaired) electrons. The lowest BCUT2D eigenvalue weighted by atomic mass is 10.2. The number of nitrogens with one attached hydrogen (secondary N) is 1. The summed E-state index contributed by atoms with van der Waals surface area (Å²) in [7, 11) is 1.54. The van der Waals surface area contributed by atoms with E-state index in [-0.39, 0.29) is 17.5 Å². The van der Waals surface area contributed by atoms with Gasteiger partial charge in [-0.25, -0.2) is 8.78 Å². The Morgan fingerprint density at radius 1 is 1.12 bits per heavy atom. The third-order valence-corrected chi connectivity index (χ3v) is 3.14. The average molecular weight is 331 g/mol. The van der Waals surface area contributed by atoms with Gasteiger partial charge in [0.15, 0.2) is 0 Å². The van der Waals surface area contributed by atoms with E-state index in [9.17, 15) is 13.6 Å². The molecular formula is C16H11F2N3O3. The Hall–Kier alpha value is -3.29. The van der Waals surface area contributed by atoms with Gasteiger partial charge in [0, 0.05) is 11.6 Å². The number of nitrogens with zero attached hydrogens (tertiary/aromatic N) is 2. The van der Waals surface area contributed by atoms with Crippen molar-refractivity contribution >= 4 is 11.6 Å². The smallest absolute Gasteiger partial charge is 0.313 e. The van der Waals surface area contributed by atoms with Crippen LogP contribution >= 0.6 is 0 Å². The number of carbonyl (C=O) groups is 1. The molecule has 0 aliphatic carbocycles. The van der Waals surface area contributed by atoms with Crippen LogP contribution in [0.1, 0.15) is 10.7 Å². The number of ether oxygens (including phenoxy) is 1. The Morgan fingerprint density at radius 2 is 1.88 bits per heavy atom. The van der Waals surface area contributed by atoms with Gasteiger partial charge >= 0.3 is 11.8 Å². The minimum absolute atomic E-state index is 0.127. The fourth-order valence-corrected chi connectivity index (χ4v) is 1.93. The molecule has 1 N–H and O–H groups in total. The van der Waals surface area contributed by atoms with Crippen molar-refractivity contribution in [2.45, 2.75) is 0 Å². The molecule has 0 bridgehead atoms. The van der Waals surface area contributed by atoms with E-state index in [0.29, 0.717) is 17.4 Å². The highest BCUT2D eigenvalue weighted by atomic mass is 19.1. The lowest BCUT2D eigenvalue weighted by molar-refractivity contribution is 0.0990. The summed E-state index contributed by atoms with van der Waals surface area (Å²) in [6, 6.07) is 9.56. The van der Waals surface area contributed by atoms with Crippen LogP contribution in [-0.4, -0.2) is 23.2 Å². The number of halogens is 2. The maximum atomic E-state index is 13.5. The summed E-state index contributed by atoms with van der Waals surface area (Å²) in [5, 5.41) is 9.63. The zero-order chi connectivity index (χ0) is 17.1. The molecule has 0 saturated carbocycles. The van der Waals surface area contributed by atoms with Gasteiger partial charge in [0.25, 0.3) is 0 Å². The van der Waals surface area contributed by atoms with E-state index in [1.165, 1.54) is 0 Å². The predicted octanol–water partition coefficient (Wildman–Crippen LogP) is 3.28. The van der Waals surface area contributed by atoms with Crippen molar-refractivity contribution in [3.63, 3.8) is 0 Å². The second kappa shape index (κ2) is 6.45. The number of rotatable bonds is 4. The zero-order valence-electron chi connectivity index (χ0n) is 12.4. The van der Waals surface area contributed by atoms with Crippen molar-refractivity contribution in [2.24, 2.45) is 0 Å². The molecule has 1 heterocycles. The van der Waals surface area contributed by atoms with Crippen LogP contribution in [0.5, 0.6) is 5.75 Å². The van der Waals surface area contributed by atoms with Crippen LogP contribution in [0.3, 0.4) is 0 Å². The first-order valence-corrected chi connectivity index (χ1v) is 6.81. The van der Waals surface area contributed by atoms with E-state index in [0.717, 1.165) is 12.1 Å². The quantitative estimate of drug-likeness (QED) is 0.794. The predicted molar refractivity (Wildman–Crippen MR) is 80.6 cm³/mol. The molecule has 1 amide bonds. The molecule has 2 aromatic carbocycles. The minimum Gasteiger partial charge on any atom is -0.497 e. The highest BCUT2D eigenvalue weighted by Gasteiger charge is 2.17. The maximum absolute atomic E-state index is 13.5. The molecule has 8 heteroatoms. The molecule has 122 valence electrons. The van der Waals surface area contributed by atoms with Gasteiger partial charge in [-0.1, -0.05) is 0 Å². The van der Waals surface area contributed by atoms with Crippen LogP contribution in [-0.2, 0) is 0 Å². The average Bonchev–Trinajstić information content (AvgIpc) is 3.07. The molecule has 3 aromatic rings. The first-order valence-electron chi connectivity index (χ1n) is 6.81. The minimum atomic E-state index is -0.904. The van der Waals surface area contributed by atoms with E-state index < -0.39 is 17.5 Å². The van der Waals surface area contributed by atoms with Gasteiger partial charge in [-0.15, -0.1) is 10.2 Å². The zero-order valence-corrected chi connectivity index (χ0v) is 12.4. The van der Waals surface area contributed by atoms with Gasteiger partial charge in [0.05, 0.1) is 12.8 Å². The monoisotopic (exact) mass is 331 g/mol. The highest BCUT2D eigenvalue weighted by molar-refractivity contribution is 6.01. The molecule has 6 nitrogen and oxygen atoms in total. The van der Waals surface area contributed by atoms with Gasteiger partial charge in [0.1, 0.15) is 17.4 Å². The normalized spacial score (nSPS) is 10.5. The number of amides is 1. The second-order valence-corrected chi connectivity index (χ2v) is 4.72. The van der Waals surface area contributed by atoms with Crippen molar-refractivity contribution < 1.29 is 22.7 Å². The maximum Gasteiger partial charge on any atom is 0.313 e. The molecule has 0 atom stereocenters. The molecule has 0 aliphatic heterocycles. The van der Waals surface area contributed by atoms with Crippen molar-refractivity contribution in [3.05, 3.63) is 60.0 Å². The number of anilines is 1. The Bertz CT molecular complexity index is 879. The van der Waals surface area contributed by atoms with E-state index in [2.05, 4.69) is 15.5 Å². The van der Waals surface area contributed by atoms with Gasteiger partial charge in [0.2, 0.25) is 5.89 Å². The van der Waals surface area contributed by atoms with Crippen LogP contribution in [0.25, 0.3) is 11.5 Å². The van der Waals surface area contributed by atoms with E-state index in [1.54, 1.807) is 31.4 Å². The summed E-state index contributed by atoms with van der Waals surface area (Å²) in [6.45, 7) is 0. The first-order chi connectivity index (χ1) is 11.6. The summed E-state index contributed by atoms with van der Waals surface area (Å²) >= 11 is 0. The summed E-state index contributed by atoms with van der Waals surface area (Å²) in [5.74, 6) is -2.01. The van der Waals surface area contributed by atoms with Gasteiger partial charge in [-0.2, -0.15) is 0 Å². The van der Waals surface area contributed by atoms with Crippen LogP contribution in [0.4, 0.5) is 14.5 Å². The van der Waals surface area contributed by atoms with Crippen molar-refractivity contribution in [1.82, 2.24) is 10.2 Å². The number of hydrogen-bond donors (Lipinski definition) is 1. The Balaban J connectivity index is 1.77. The second-order valence-electron chi connectivity index (χ2n) is 4.72. The molecule has 0 fully saturated rings. The first kappa shape index (κ1) is 15.6. The molecule has 0 saturated heterocycles. The molecule has 0 spiro atoms. The van der Waals surface area contributed by atoms with Gasteiger partial charge in [-0.3, -0.25) is 4.79 Å². The Labute approximate surface area is 135 Å². The molecular weight excluding hydrogens is 320 g/mol. The molecule has 3 rings (SSSR count). The Morgan fingerprint density at radius 3 is 2.54 bits per heavy atom. The lowest BCUT2D eigenvalue weighted by Crippen LogP contribution is -2.13. The summed E-state index contributed by atoms with van der Waals surface area (Å²) in [6.07, 6.45) is 0. The SMILES string of the molecule is COc1ccc(-c2nnc(C(=O)Nc3ccc(F)cc3F)o2)cc1. The molecule has 1 aromatic heterocycles. The van der Waals surface area contributed by atoms with Crippen LogP contribution < -0.4 is 10.1 Å². The van der Waals surface area contributed by atoms with Crippen LogP contribution in [0.2, 0.25) is 0 Å². The third-order valence-electron chi connectivity index (χ3n) is 3.14. The Kier molecular flexibility index (Phi) is 4.19. The number of carbonyl (C=O) groups excluding carboxylic acids is 1. The van der Waals surface area contributed by atoms with E-state index >= 15 is 0 Å². The lowest BCUT2D eigenvalue weighted by Gasteiger charge is -2.03. The number of methoxy groups -OCH3 is 1. The van der Waals surface area contributed by atoms with Crippen molar-refractivity contribution in [3.8, 4) is 17.2 Å². The van der Waals surface area contributed by atoms with Crippen LogP contribution in [0.15, 0.2) is 46.9 Å². The summed E-state index contributed by atoms with van der Waals surface area (Å²) in [5.41, 5.74) is 0.404. The number of benzene rings is 2.